The van der Waals surface area contributed by atoms with Crippen LogP contribution in [0.15, 0.2) is 16.7 Å². The molecule has 13 heavy (non-hydrogen) atoms. The van der Waals surface area contributed by atoms with Crippen molar-refractivity contribution in [3.8, 4) is 5.75 Å². The second kappa shape index (κ2) is 6.12. The lowest BCUT2D eigenvalue weighted by Gasteiger charge is -2.04. The molecule has 0 aliphatic rings. The van der Waals surface area contributed by atoms with Crippen LogP contribution in [0, 0.1) is 5.95 Å². The predicted molar refractivity (Wildman–Crippen MR) is 53.7 cm³/mol. The molecule has 0 unspecified atom stereocenters. The lowest BCUT2D eigenvalue weighted by atomic mass is 10.4. The highest BCUT2D eigenvalue weighted by atomic mass is 79.9. The third kappa shape index (κ3) is 3.89. The van der Waals surface area contributed by atoms with E-state index >= 15 is 0 Å². The van der Waals surface area contributed by atoms with E-state index in [2.05, 4.69) is 20.9 Å². The molecule has 0 saturated heterocycles. The minimum absolute atomic E-state index is 0. The highest BCUT2D eigenvalue weighted by Gasteiger charge is 2.03. The number of aromatic nitrogens is 1. The van der Waals surface area contributed by atoms with E-state index in [0.29, 0.717) is 11.0 Å². The Labute approximate surface area is 90.0 Å². The van der Waals surface area contributed by atoms with E-state index in [1.54, 1.807) is 0 Å². The summed E-state index contributed by atoms with van der Waals surface area (Å²) in [5.74, 6) is -0.499. The van der Waals surface area contributed by atoms with Gasteiger partial charge in [-0.05, 0) is 15.9 Å². The van der Waals surface area contributed by atoms with Crippen LogP contribution in [0.25, 0.3) is 0 Å². The van der Waals surface area contributed by atoms with Crippen molar-refractivity contribution in [2.45, 2.75) is 0 Å². The van der Waals surface area contributed by atoms with Gasteiger partial charge in [0.15, 0.2) is 5.75 Å². The quantitative estimate of drug-likeness (QED) is 0.852. The fourth-order valence-electron chi connectivity index (χ4n) is 0.674. The highest BCUT2D eigenvalue weighted by Crippen LogP contribution is 2.19. The van der Waals surface area contributed by atoms with Crippen molar-refractivity contribution in [3.05, 3.63) is 22.7 Å². The molecule has 0 bridgehead atoms. The maximum absolute atomic E-state index is 12.8. The van der Waals surface area contributed by atoms with Crippen LogP contribution >= 0.6 is 28.3 Å². The number of pyridine rings is 1. The summed E-state index contributed by atoms with van der Waals surface area (Å²) in [6.07, 6.45) is 1.37. The highest BCUT2D eigenvalue weighted by molar-refractivity contribution is 9.10. The van der Waals surface area contributed by atoms with Crippen LogP contribution < -0.4 is 10.5 Å². The first-order valence-corrected chi connectivity index (χ1v) is 4.17. The Morgan fingerprint density at radius 3 is 2.92 bits per heavy atom. The third-order valence-electron chi connectivity index (χ3n) is 1.15. The molecule has 0 radical (unpaired) electrons. The summed E-state index contributed by atoms with van der Waals surface area (Å²) in [7, 11) is 0. The Morgan fingerprint density at radius 1 is 1.62 bits per heavy atom. The van der Waals surface area contributed by atoms with Gasteiger partial charge >= 0.3 is 0 Å². The molecule has 74 valence electrons. The molecule has 0 atom stereocenters. The zero-order valence-electron chi connectivity index (χ0n) is 6.67. The predicted octanol–water partition coefficient (Wildman–Crippen LogP) is 1.74. The molecule has 1 heterocycles. The van der Waals surface area contributed by atoms with Gasteiger partial charge < -0.3 is 10.5 Å². The van der Waals surface area contributed by atoms with Gasteiger partial charge in [0.05, 0.1) is 0 Å². The average molecular weight is 272 g/mol. The topological polar surface area (TPSA) is 48.1 Å². The summed E-state index contributed by atoms with van der Waals surface area (Å²) in [5, 5.41) is 0. The second-order valence-corrected chi connectivity index (χ2v) is 3.00. The van der Waals surface area contributed by atoms with Gasteiger partial charge in [0.2, 0.25) is 0 Å². The molecule has 6 heteroatoms. The SMILES string of the molecule is Cl.NCCOc1cc(Br)cnc1F. The van der Waals surface area contributed by atoms with Gasteiger partial charge in [-0.3, -0.25) is 0 Å². The molecule has 3 nitrogen and oxygen atoms in total. The second-order valence-electron chi connectivity index (χ2n) is 2.08. The Balaban J connectivity index is 0.00000144. The van der Waals surface area contributed by atoms with E-state index in [-0.39, 0.29) is 24.8 Å². The average Bonchev–Trinajstić information content (AvgIpc) is 2.07. The van der Waals surface area contributed by atoms with E-state index in [1.165, 1.54) is 12.3 Å². The van der Waals surface area contributed by atoms with Crippen molar-refractivity contribution in [1.82, 2.24) is 4.98 Å². The van der Waals surface area contributed by atoms with Gasteiger partial charge in [-0.2, -0.15) is 4.39 Å². The lowest BCUT2D eigenvalue weighted by Crippen LogP contribution is -2.11. The zero-order valence-corrected chi connectivity index (χ0v) is 9.07. The van der Waals surface area contributed by atoms with Crippen LogP contribution in [-0.2, 0) is 0 Å². The van der Waals surface area contributed by atoms with Crippen LogP contribution in [0.3, 0.4) is 0 Å². The molecule has 0 saturated carbocycles. The third-order valence-corrected chi connectivity index (χ3v) is 1.58. The zero-order chi connectivity index (χ0) is 8.97. The number of rotatable bonds is 3. The maximum atomic E-state index is 12.8. The number of nitrogens with two attached hydrogens (primary N) is 1. The molecule has 1 aromatic heterocycles. The molecule has 1 aromatic rings. The first-order chi connectivity index (χ1) is 5.74. The molecule has 0 aliphatic carbocycles. The number of ether oxygens (including phenoxy) is 1. The van der Waals surface area contributed by atoms with Crippen LogP contribution in [0.5, 0.6) is 5.75 Å². The van der Waals surface area contributed by atoms with Crippen molar-refractivity contribution in [1.29, 1.82) is 0 Å². The van der Waals surface area contributed by atoms with E-state index < -0.39 is 5.95 Å². The largest absolute Gasteiger partial charge is 0.487 e. The minimum atomic E-state index is -0.619. The van der Waals surface area contributed by atoms with Gasteiger partial charge in [-0.1, -0.05) is 0 Å². The summed E-state index contributed by atoms with van der Waals surface area (Å²) in [6, 6.07) is 1.51. The molecular formula is C7H9BrClFN2O. The maximum Gasteiger partial charge on any atom is 0.255 e. The standard InChI is InChI=1S/C7H8BrFN2O.ClH/c8-5-3-6(12-2-1-10)7(9)11-4-5;/h3-4H,1-2,10H2;1H. The Bertz CT molecular complexity index is 275. The Hall–Kier alpha value is -0.390. The molecule has 2 N–H and O–H groups in total. The number of nitrogens with zero attached hydrogens (tertiary/aromatic N) is 1. The van der Waals surface area contributed by atoms with E-state index in [0.717, 1.165) is 0 Å². The van der Waals surface area contributed by atoms with Crippen molar-refractivity contribution < 1.29 is 9.13 Å². The summed E-state index contributed by atoms with van der Waals surface area (Å²) < 4.78 is 18.4. The van der Waals surface area contributed by atoms with Gasteiger partial charge in [-0.25, -0.2) is 4.98 Å². The summed E-state index contributed by atoms with van der Waals surface area (Å²) >= 11 is 3.15. The Kier molecular flexibility index (Phi) is 5.94. The Morgan fingerprint density at radius 2 is 2.31 bits per heavy atom. The van der Waals surface area contributed by atoms with Crippen molar-refractivity contribution >= 4 is 28.3 Å². The molecular weight excluding hydrogens is 262 g/mol. The van der Waals surface area contributed by atoms with Gasteiger partial charge in [0, 0.05) is 23.3 Å². The molecule has 0 aliphatic heterocycles. The summed E-state index contributed by atoms with van der Waals surface area (Å²) in [5.41, 5.74) is 5.18. The van der Waals surface area contributed by atoms with E-state index in [9.17, 15) is 4.39 Å². The fraction of sp³-hybridized carbons (Fsp3) is 0.286. The van der Waals surface area contributed by atoms with Gasteiger partial charge in [0.25, 0.3) is 5.95 Å². The van der Waals surface area contributed by atoms with Crippen LogP contribution in [-0.4, -0.2) is 18.1 Å². The van der Waals surface area contributed by atoms with Crippen LogP contribution in [0.2, 0.25) is 0 Å². The molecule has 0 fully saturated rings. The first-order valence-electron chi connectivity index (χ1n) is 3.38. The van der Waals surface area contributed by atoms with Gasteiger partial charge in [0.1, 0.15) is 6.61 Å². The molecule has 0 amide bonds. The lowest BCUT2D eigenvalue weighted by molar-refractivity contribution is 0.306. The number of hydrogen-bond donors (Lipinski definition) is 1. The molecule has 0 spiro atoms. The van der Waals surface area contributed by atoms with E-state index in [4.69, 9.17) is 10.5 Å². The van der Waals surface area contributed by atoms with Crippen molar-refractivity contribution in [2.75, 3.05) is 13.2 Å². The number of hydrogen-bond acceptors (Lipinski definition) is 3. The van der Waals surface area contributed by atoms with Crippen LogP contribution in [0.4, 0.5) is 4.39 Å². The summed E-state index contributed by atoms with van der Waals surface area (Å²) in [4.78, 5) is 3.45. The van der Waals surface area contributed by atoms with Crippen molar-refractivity contribution in [2.24, 2.45) is 5.73 Å². The normalized spacial score (nSPS) is 9.15. The smallest absolute Gasteiger partial charge is 0.255 e. The van der Waals surface area contributed by atoms with Crippen molar-refractivity contribution in [3.63, 3.8) is 0 Å². The van der Waals surface area contributed by atoms with Gasteiger partial charge in [-0.15, -0.1) is 12.4 Å². The minimum Gasteiger partial charge on any atom is -0.487 e. The first kappa shape index (κ1) is 12.6. The molecule has 1 rings (SSSR count). The van der Waals surface area contributed by atoms with Crippen LogP contribution in [0.1, 0.15) is 0 Å². The summed E-state index contributed by atoms with van der Waals surface area (Å²) in [6.45, 7) is 0.640. The van der Waals surface area contributed by atoms with E-state index in [1.807, 2.05) is 0 Å². The number of halogens is 3. The fourth-order valence-corrected chi connectivity index (χ4v) is 0.984. The monoisotopic (exact) mass is 270 g/mol. The molecule has 0 aromatic carbocycles.